The number of fused-ring (bicyclic) bond motifs is 1. The van der Waals surface area contributed by atoms with Crippen LogP contribution in [0, 0.1) is 0 Å². The third-order valence-electron chi connectivity index (χ3n) is 8.32. The molecule has 3 aromatic carbocycles. The Morgan fingerprint density at radius 2 is 1.63 bits per heavy atom. The van der Waals surface area contributed by atoms with E-state index in [1.54, 1.807) is 16.5 Å². The fraction of sp³-hybridized carbons (Fsp3) is 0.294. The maximum absolute atomic E-state index is 13.8. The quantitative estimate of drug-likeness (QED) is 0.180. The van der Waals surface area contributed by atoms with Crippen LogP contribution >= 0.6 is 11.3 Å². The molecule has 5 aromatic rings. The predicted molar refractivity (Wildman–Crippen MR) is 174 cm³/mol. The van der Waals surface area contributed by atoms with E-state index in [1.807, 2.05) is 48.7 Å². The minimum Gasteiger partial charge on any atom is -0.335 e. The smallest absolute Gasteiger partial charge is 0.335 e. The van der Waals surface area contributed by atoms with Crippen molar-refractivity contribution in [2.45, 2.75) is 45.1 Å². The van der Waals surface area contributed by atoms with Gasteiger partial charge in [0.05, 0.1) is 34.3 Å². The lowest BCUT2D eigenvalue weighted by atomic mass is 10.1. The van der Waals surface area contributed by atoms with Gasteiger partial charge in [0.25, 0.3) is 5.91 Å². The number of nitrogens with one attached hydrogen (secondary N) is 1. The molecule has 1 fully saturated rings. The van der Waals surface area contributed by atoms with Crippen LogP contribution in [0.1, 0.15) is 47.4 Å². The van der Waals surface area contributed by atoms with Gasteiger partial charge >= 0.3 is 18.4 Å². The van der Waals surface area contributed by atoms with Crippen LogP contribution in [-0.2, 0) is 18.8 Å². The van der Waals surface area contributed by atoms with Crippen LogP contribution in [0.15, 0.2) is 72.2 Å². The molecule has 6 rings (SSSR count). The molecule has 49 heavy (non-hydrogen) atoms. The maximum Gasteiger partial charge on any atom is 0.416 e. The molecule has 1 N–H and O–H groups in total. The fourth-order valence-electron chi connectivity index (χ4n) is 5.87. The van der Waals surface area contributed by atoms with Crippen molar-refractivity contribution in [3.05, 3.63) is 94.6 Å². The van der Waals surface area contributed by atoms with Gasteiger partial charge in [-0.25, -0.2) is 14.5 Å². The number of thiazole rings is 1. The van der Waals surface area contributed by atoms with E-state index < -0.39 is 41.2 Å². The molecule has 0 aliphatic carbocycles. The van der Waals surface area contributed by atoms with Gasteiger partial charge in [0.2, 0.25) is 5.13 Å². The number of hydrogen-bond donors (Lipinski definition) is 1. The van der Waals surface area contributed by atoms with E-state index in [-0.39, 0.29) is 31.6 Å². The second kappa shape index (κ2) is 13.2. The Labute approximate surface area is 281 Å². The van der Waals surface area contributed by atoms with E-state index in [1.165, 1.54) is 22.4 Å². The Morgan fingerprint density at radius 3 is 2.29 bits per heavy atom. The molecule has 1 unspecified atom stereocenters. The first kappa shape index (κ1) is 34.0. The number of aromatic nitrogens is 3. The third kappa shape index (κ3) is 7.12. The zero-order valence-electron chi connectivity index (χ0n) is 26.3. The molecule has 1 aliphatic rings. The van der Waals surface area contributed by atoms with Crippen molar-refractivity contribution in [1.82, 2.24) is 24.6 Å². The van der Waals surface area contributed by atoms with Crippen molar-refractivity contribution in [1.29, 1.82) is 0 Å². The molecule has 1 aliphatic heterocycles. The van der Waals surface area contributed by atoms with E-state index in [0.717, 1.165) is 28.5 Å². The number of amides is 3. The van der Waals surface area contributed by atoms with Gasteiger partial charge in [-0.2, -0.15) is 31.4 Å². The van der Waals surface area contributed by atoms with Crippen LogP contribution in [0.25, 0.3) is 27.2 Å². The lowest BCUT2D eigenvalue weighted by Gasteiger charge is -2.39. The van der Waals surface area contributed by atoms with Crippen molar-refractivity contribution in [3.63, 3.8) is 0 Å². The Hall–Kier alpha value is -4.92. The zero-order chi connectivity index (χ0) is 35.1. The Bertz CT molecular complexity index is 1990. The van der Waals surface area contributed by atoms with E-state index in [2.05, 4.69) is 16.5 Å². The summed E-state index contributed by atoms with van der Waals surface area (Å²) in [4.78, 5) is 34.5. The van der Waals surface area contributed by atoms with Crippen molar-refractivity contribution in [3.8, 4) is 16.4 Å². The Kier molecular flexibility index (Phi) is 9.13. The van der Waals surface area contributed by atoms with Crippen LogP contribution in [0.3, 0.4) is 0 Å². The molecule has 0 spiro atoms. The highest BCUT2D eigenvalue weighted by molar-refractivity contribution is 7.12. The van der Waals surface area contributed by atoms with Crippen molar-refractivity contribution in [2.24, 2.45) is 0 Å². The first-order valence-corrected chi connectivity index (χ1v) is 16.3. The monoisotopic (exact) mass is 700 g/mol. The number of hydrogen-bond acceptors (Lipinski definition) is 5. The number of anilines is 1. The van der Waals surface area contributed by atoms with Gasteiger partial charge < -0.3 is 15.1 Å². The normalized spacial score (nSPS) is 15.6. The number of nitrogens with zero attached hydrogens (tertiary/aromatic N) is 5. The fourth-order valence-corrected chi connectivity index (χ4v) is 6.69. The third-order valence-corrected chi connectivity index (χ3v) is 9.14. The molecule has 8 nitrogen and oxygen atoms in total. The minimum absolute atomic E-state index is 0.00265. The van der Waals surface area contributed by atoms with Gasteiger partial charge in [-0.1, -0.05) is 49.7 Å². The number of rotatable bonds is 6. The van der Waals surface area contributed by atoms with E-state index in [0.29, 0.717) is 34.9 Å². The highest BCUT2D eigenvalue weighted by Crippen LogP contribution is 2.38. The molecule has 1 atom stereocenters. The topological polar surface area (TPSA) is 83.4 Å². The molecule has 15 heteroatoms. The second-order valence-corrected chi connectivity index (χ2v) is 12.6. The molecule has 0 radical (unpaired) electrons. The van der Waals surface area contributed by atoms with Crippen LogP contribution in [0.5, 0.6) is 0 Å². The van der Waals surface area contributed by atoms with E-state index in [9.17, 15) is 35.9 Å². The van der Waals surface area contributed by atoms with Crippen molar-refractivity contribution in [2.75, 3.05) is 25.0 Å². The lowest BCUT2D eigenvalue weighted by molar-refractivity contribution is -0.143. The summed E-state index contributed by atoms with van der Waals surface area (Å²) in [5.74, 6) is -0.305. The summed E-state index contributed by atoms with van der Waals surface area (Å²) in [5, 5.41) is 11.4. The van der Waals surface area contributed by atoms with E-state index in [4.69, 9.17) is 4.98 Å². The largest absolute Gasteiger partial charge is 0.416 e. The molecule has 0 saturated carbocycles. The van der Waals surface area contributed by atoms with Crippen LogP contribution < -0.4 is 5.32 Å². The van der Waals surface area contributed by atoms with Gasteiger partial charge in [0, 0.05) is 42.3 Å². The number of carbonyl (C=O) groups excluding carboxylic acids is 2. The summed E-state index contributed by atoms with van der Waals surface area (Å²) in [6.07, 6.45) is -7.33. The number of carbonyl (C=O) groups is 2. The summed E-state index contributed by atoms with van der Waals surface area (Å²) in [6, 6.07) is 13.6. The average Bonchev–Trinajstić information content (AvgIpc) is 3.71. The molecule has 2 aromatic heterocycles. The zero-order valence-corrected chi connectivity index (χ0v) is 27.1. The van der Waals surface area contributed by atoms with Crippen molar-refractivity contribution >= 4 is 39.7 Å². The summed E-state index contributed by atoms with van der Waals surface area (Å²) >= 11 is 1.40. The highest BCUT2D eigenvalue weighted by atomic mass is 32.1. The first-order chi connectivity index (χ1) is 23.2. The second-order valence-electron chi connectivity index (χ2n) is 11.8. The summed E-state index contributed by atoms with van der Waals surface area (Å²) in [6.45, 7) is 3.81. The summed E-state index contributed by atoms with van der Waals surface area (Å²) < 4.78 is 81.5. The number of benzene rings is 3. The van der Waals surface area contributed by atoms with Gasteiger partial charge in [-0.05, 0) is 48.4 Å². The molecule has 3 amide bonds. The number of urea groups is 1. The standard InChI is InChI=1S/C34H30F6N6O2S/c1-3-6-29-27(17-41-46(29)32-43-28(19-49-32)23-10-9-21-7-4-5-8-22(21)13-23)30(47)44-11-12-45(20(2)18-44)31(48)42-26-15-24(33(35,36)37)14-25(16-26)34(38,39)40/h4-5,7-10,13-17,19-20H,3,6,11-12,18H2,1-2H3,(H,42,48). The predicted octanol–water partition coefficient (Wildman–Crippen LogP) is 8.52. The van der Waals surface area contributed by atoms with Crippen LogP contribution in [0.2, 0.25) is 0 Å². The van der Waals surface area contributed by atoms with Gasteiger partial charge in [0.15, 0.2) is 0 Å². The van der Waals surface area contributed by atoms with Crippen LogP contribution in [0.4, 0.5) is 36.8 Å². The molecular formula is C34H30F6N6O2S. The van der Waals surface area contributed by atoms with Gasteiger partial charge in [0.1, 0.15) is 0 Å². The first-order valence-electron chi connectivity index (χ1n) is 15.4. The molecule has 3 heterocycles. The maximum atomic E-state index is 13.8. The average molecular weight is 701 g/mol. The highest BCUT2D eigenvalue weighted by Gasteiger charge is 2.38. The summed E-state index contributed by atoms with van der Waals surface area (Å²) in [7, 11) is 0. The van der Waals surface area contributed by atoms with Gasteiger partial charge in [-0.3, -0.25) is 4.79 Å². The van der Waals surface area contributed by atoms with Crippen LogP contribution in [-0.4, -0.2) is 62.2 Å². The molecule has 256 valence electrons. The molecule has 1 saturated heterocycles. The van der Waals surface area contributed by atoms with Gasteiger partial charge in [-0.15, -0.1) is 11.3 Å². The van der Waals surface area contributed by atoms with Crippen molar-refractivity contribution < 1.29 is 35.9 Å². The number of alkyl halides is 6. The minimum atomic E-state index is -5.05. The number of halogens is 6. The molecule has 0 bridgehead atoms. The molecular weight excluding hydrogens is 670 g/mol. The van der Waals surface area contributed by atoms with E-state index >= 15 is 0 Å². The lowest BCUT2D eigenvalue weighted by Crippen LogP contribution is -2.56. The Balaban J connectivity index is 1.17. The summed E-state index contributed by atoms with van der Waals surface area (Å²) in [5.41, 5.74) is -0.909. The SMILES string of the molecule is CCCc1c(C(=O)N2CCN(C(=O)Nc3cc(C(F)(F)F)cc(C(F)(F)F)c3)C(C)C2)cnn1-c1nc(-c2ccc3ccccc3c2)cs1. The number of piperazine rings is 1. The Morgan fingerprint density at radius 1 is 0.939 bits per heavy atom.